The highest BCUT2D eigenvalue weighted by atomic mass is 32.2. The Bertz CT molecular complexity index is 1470. The van der Waals surface area contributed by atoms with Crippen LogP contribution in [0.15, 0.2) is 87.5 Å². The van der Waals surface area contributed by atoms with Gasteiger partial charge in [0, 0.05) is 0 Å². The van der Waals surface area contributed by atoms with Crippen molar-refractivity contribution in [1.29, 1.82) is 0 Å². The van der Waals surface area contributed by atoms with Crippen LogP contribution in [0.1, 0.15) is 23.6 Å². The average Bonchev–Trinajstić information content (AvgIpc) is 2.82. The maximum atomic E-state index is 13.1. The third-order valence-corrected chi connectivity index (χ3v) is 9.61. The Morgan fingerprint density at radius 3 is 1.19 bits per heavy atom. The van der Waals surface area contributed by atoms with Gasteiger partial charge in [0.05, 0.1) is 33.4 Å². The van der Waals surface area contributed by atoms with Crippen molar-refractivity contribution in [3.8, 4) is 0 Å². The van der Waals surface area contributed by atoms with Gasteiger partial charge in [-0.15, -0.1) is 0 Å². The summed E-state index contributed by atoms with van der Waals surface area (Å²) in [4.78, 5) is -0.350. The highest BCUT2D eigenvalue weighted by Crippen LogP contribution is 2.21. The highest BCUT2D eigenvalue weighted by Gasteiger charge is 2.36. The van der Waals surface area contributed by atoms with Gasteiger partial charge in [-0.25, -0.2) is 13.1 Å². The minimum Gasteiger partial charge on any atom is -0.264 e. The van der Waals surface area contributed by atoms with E-state index in [2.05, 4.69) is 4.72 Å². The molecule has 0 saturated heterocycles. The zero-order valence-corrected chi connectivity index (χ0v) is 23.3. The van der Waals surface area contributed by atoms with Gasteiger partial charge >= 0.3 is 0 Å². The second-order valence-electron chi connectivity index (χ2n) is 9.04. The molecule has 0 saturated carbocycles. The maximum absolute atomic E-state index is 13.1. The Morgan fingerprint density at radius 1 is 0.568 bits per heavy atom. The normalized spacial score (nSPS) is 13.0. The number of aryl methyl sites for hydroxylation is 3. The molecule has 0 aliphatic carbocycles. The minimum absolute atomic E-state index is 0.0906. The van der Waals surface area contributed by atoms with Crippen LogP contribution < -0.4 is 4.72 Å². The second kappa shape index (κ2) is 11.0. The fourth-order valence-corrected chi connectivity index (χ4v) is 6.58. The Balaban J connectivity index is 1.89. The van der Waals surface area contributed by atoms with Crippen molar-refractivity contribution < 1.29 is 33.6 Å². The van der Waals surface area contributed by atoms with Crippen molar-refractivity contribution >= 4 is 30.3 Å². The van der Waals surface area contributed by atoms with Gasteiger partial charge in [0.2, 0.25) is 10.0 Å². The SMILES string of the molecule is Cc1ccc(S(=O)(=O)NC(C)(COS(=O)(=O)c2ccc(C)cc2)COS(=O)(=O)c2ccc(C)cc2)cc1. The van der Waals surface area contributed by atoms with E-state index >= 15 is 0 Å². The molecule has 3 aromatic carbocycles. The van der Waals surface area contributed by atoms with Crippen LogP contribution in [-0.2, 0) is 38.6 Å². The molecule has 12 heteroatoms. The van der Waals surface area contributed by atoms with Gasteiger partial charge in [0.25, 0.3) is 20.2 Å². The summed E-state index contributed by atoms with van der Waals surface area (Å²) in [5, 5.41) is 0. The number of sulfonamides is 1. The van der Waals surface area contributed by atoms with Crippen molar-refractivity contribution in [3.05, 3.63) is 89.5 Å². The molecule has 0 fully saturated rings. The molecular weight excluding hydrogens is 538 g/mol. The zero-order chi connectivity index (χ0) is 27.5. The predicted molar refractivity (Wildman–Crippen MR) is 139 cm³/mol. The molecule has 0 bridgehead atoms. The summed E-state index contributed by atoms with van der Waals surface area (Å²) in [6.07, 6.45) is 0. The van der Waals surface area contributed by atoms with Crippen LogP contribution in [0.3, 0.4) is 0 Å². The Hall–Kier alpha value is -2.61. The molecule has 0 aromatic heterocycles. The number of hydrogen-bond acceptors (Lipinski definition) is 8. The molecule has 0 unspecified atom stereocenters. The Morgan fingerprint density at radius 2 is 0.865 bits per heavy atom. The van der Waals surface area contributed by atoms with Crippen LogP contribution in [0.2, 0.25) is 0 Å². The van der Waals surface area contributed by atoms with E-state index < -0.39 is 49.0 Å². The molecule has 0 radical (unpaired) electrons. The first-order valence-corrected chi connectivity index (χ1v) is 15.4. The number of benzene rings is 3. The molecule has 0 atom stereocenters. The molecule has 1 N–H and O–H groups in total. The predicted octanol–water partition coefficient (Wildman–Crippen LogP) is 3.46. The van der Waals surface area contributed by atoms with Gasteiger partial charge in [0.15, 0.2) is 0 Å². The first kappa shape index (κ1) is 29.0. The number of nitrogens with one attached hydrogen (secondary N) is 1. The molecule has 0 heterocycles. The third kappa shape index (κ3) is 7.69. The quantitative estimate of drug-likeness (QED) is 0.348. The third-order valence-electron chi connectivity index (χ3n) is 5.40. The molecule has 37 heavy (non-hydrogen) atoms. The Kier molecular flexibility index (Phi) is 8.62. The van der Waals surface area contributed by atoms with Gasteiger partial charge in [-0.2, -0.15) is 16.8 Å². The molecule has 0 amide bonds. The van der Waals surface area contributed by atoms with Crippen LogP contribution in [-0.4, -0.2) is 44.0 Å². The first-order chi connectivity index (χ1) is 17.1. The van der Waals surface area contributed by atoms with Gasteiger partial charge in [-0.05, 0) is 64.1 Å². The van der Waals surface area contributed by atoms with Crippen molar-refractivity contribution in [2.75, 3.05) is 13.2 Å². The maximum Gasteiger partial charge on any atom is 0.297 e. The van der Waals surface area contributed by atoms with Crippen LogP contribution in [0.4, 0.5) is 0 Å². The molecule has 200 valence electrons. The van der Waals surface area contributed by atoms with E-state index in [0.717, 1.165) is 16.7 Å². The molecule has 3 aromatic rings. The van der Waals surface area contributed by atoms with Crippen molar-refractivity contribution in [3.63, 3.8) is 0 Å². The fourth-order valence-electron chi connectivity index (χ4n) is 3.16. The summed E-state index contributed by atoms with van der Waals surface area (Å²) in [6.45, 7) is 5.20. The van der Waals surface area contributed by atoms with Gasteiger partial charge in [0.1, 0.15) is 0 Å². The molecule has 0 aliphatic heterocycles. The van der Waals surface area contributed by atoms with Gasteiger partial charge in [-0.1, -0.05) is 53.1 Å². The first-order valence-electron chi connectivity index (χ1n) is 11.1. The van der Waals surface area contributed by atoms with Crippen molar-refractivity contribution in [2.24, 2.45) is 0 Å². The zero-order valence-electron chi connectivity index (χ0n) is 20.8. The number of rotatable bonds is 11. The van der Waals surface area contributed by atoms with Crippen molar-refractivity contribution in [1.82, 2.24) is 4.72 Å². The highest BCUT2D eigenvalue weighted by molar-refractivity contribution is 7.89. The van der Waals surface area contributed by atoms with Gasteiger partial charge in [-0.3, -0.25) is 8.37 Å². The summed E-state index contributed by atoms with van der Waals surface area (Å²) < 4.78 is 90.0. The van der Waals surface area contributed by atoms with E-state index in [-0.39, 0.29) is 14.7 Å². The van der Waals surface area contributed by atoms with Crippen molar-refractivity contribution in [2.45, 2.75) is 47.9 Å². The van der Waals surface area contributed by atoms with E-state index in [1.165, 1.54) is 43.3 Å². The average molecular weight is 568 g/mol. The smallest absolute Gasteiger partial charge is 0.264 e. The van der Waals surface area contributed by atoms with Crippen LogP contribution >= 0.6 is 0 Å². The largest absolute Gasteiger partial charge is 0.297 e. The molecule has 0 spiro atoms. The Labute approximate surface area is 218 Å². The monoisotopic (exact) mass is 567 g/mol. The summed E-state index contributed by atoms with van der Waals surface area (Å²) in [6, 6.07) is 17.8. The van der Waals surface area contributed by atoms with E-state index in [9.17, 15) is 25.3 Å². The summed E-state index contributed by atoms with van der Waals surface area (Å²) in [7, 11) is -12.8. The molecule has 0 aliphatic rings. The fraction of sp³-hybridized carbons (Fsp3) is 0.280. The standard InChI is InChI=1S/C25H29NO8S3/c1-19-5-11-22(12-6-19)35(27,28)26-25(4,17-33-36(29,30)23-13-7-20(2)8-14-23)18-34-37(31,32)24-15-9-21(3)10-16-24/h5-16,26H,17-18H2,1-4H3. The topological polar surface area (TPSA) is 133 Å². The lowest BCUT2D eigenvalue weighted by Gasteiger charge is -2.29. The van der Waals surface area contributed by atoms with Crippen LogP contribution in [0, 0.1) is 20.8 Å². The minimum atomic E-state index is -4.29. The van der Waals surface area contributed by atoms with Gasteiger partial charge < -0.3 is 0 Å². The van der Waals surface area contributed by atoms with E-state index in [1.54, 1.807) is 57.2 Å². The lowest BCUT2D eigenvalue weighted by molar-refractivity contribution is 0.153. The summed E-state index contributed by atoms with van der Waals surface area (Å²) in [5.41, 5.74) is 0.717. The molecular formula is C25H29NO8S3. The second-order valence-corrected chi connectivity index (χ2v) is 14.0. The van der Waals surface area contributed by atoms with E-state index in [1.807, 2.05) is 0 Å². The van der Waals surface area contributed by atoms with Crippen LogP contribution in [0.5, 0.6) is 0 Å². The molecule has 3 rings (SSSR count). The lowest BCUT2D eigenvalue weighted by atomic mass is 10.1. The summed E-state index contributed by atoms with van der Waals surface area (Å²) in [5.74, 6) is 0. The van der Waals surface area contributed by atoms with E-state index in [0.29, 0.717) is 0 Å². The van der Waals surface area contributed by atoms with E-state index in [4.69, 9.17) is 8.37 Å². The van der Waals surface area contributed by atoms with Crippen LogP contribution in [0.25, 0.3) is 0 Å². The summed E-state index contributed by atoms with van der Waals surface area (Å²) >= 11 is 0. The lowest BCUT2D eigenvalue weighted by Crippen LogP contribution is -2.53. The number of hydrogen-bond donors (Lipinski definition) is 1. The molecule has 9 nitrogen and oxygen atoms in total.